The molecule has 0 aliphatic heterocycles. The van der Waals surface area contributed by atoms with Gasteiger partial charge in [0.05, 0.1) is 6.04 Å². The van der Waals surface area contributed by atoms with Crippen LogP contribution in [0.1, 0.15) is 19.8 Å². The minimum absolute atomic E-state index is 0.0393. The predicted molar refractivity (Wildman–Crippen MR) is 48.6 cm³/mol. The fourth-order valence-electron chi connectivity index (χ4n) is 1.21. The summed E-state index contributed by atoms with van der Waals surface area (Å²) in [5.74, 6) is 0.0393. The van der Waals surface area contributed by atoms with Gasteiger partial charge in [-0.2, -0.15) is 0 Å². The normalized spacial score (nSPS) is 18.5. The van der Waals surface area contributed by atoms with Gasteiger partial charge in [0.25, 0.3) is 0 Å². The molecule has 1 aliphatic carbocycles. The fourth-order valence-corrected chi connectivity index (χ4v) is 1.21. The smallest absolute Gasteiger partial charge is 0.239 e. The third-order valence-corrected chi connectivity index (χ3v) is 1.99. The van der Waals surface area contributed by atoms with Gasteiger partial charge in [-0.3, -0.25) is 4.79 Å². The van der Waals surface area contributed by atoms with E-state index in [-0.39, 0.29) is 11.9 Å². The average Bonchev–Trinajstić information content (AvgIpc) is 2.81. The second-order valence-electron chi connectivity index (χ2n) is 3.30. The van der Waals surface area contributed by atoms with Gasteiger partial charge in [-0.05, 0) is 19.8 Å². The van der Waals surface area contributed by atoms with E-state index >= 15 is 0 Å². The molecule has 1 atom stereocenters. The van der Waals surface area contributed by atoms with Crippen molar-refractivity contribution >= 4 is 5.91 Å². The lowest BCUT2D eigenvalue weighted by Gasteiger charge is -2.22. The lowest BCUT2D eigenvalue weighted by atomic mass is 10.3. The summed E-state index contributed by atoms with van der Waals surface area (Å²) in [5.41, 5.74) is 5.51. The second-order valence-corrected chi connectivity index (χ2v) is 3.30. The summed E-state index contributed by atoms with van der Waals surface area (Å²) in [7, 11) is 0. The highest BCUT2D eigenvalue weighted by Gasteiger charge is 2.32. The second kappa shape index (κ2) is 3.72. The molecule has 1 amide bonds. The van der Waals surface area contributed by atoms with Crippen LogP contribution in [0.5, 0.6) is 0 Å². The Hall–Kier alpha value is -0.830. The van der Waals surface area contributed by atoms with E-state index in [0.29, 0.717) is 12.6 Å². The molecule has 1 fully saturated rings. The Labute approximate surface area is 73.2 Å². The van der Waals surface area contributed by atoms with E-state index in [0.717, 1.165) is 12.8 Å². The van der Waals surface area contributed by atoms with E-state index in [4.69, 9.17) is 5.73 Å². The van der Waals surface area contributed by atoms with Crippen molar-refractivity contribution in [1.29, 1.82) is 0 Å². The van der Waals surface area contributed by atoms with Crippen LogP contribution in [0.15, 0.2) is 12.7 Å². The zero-order chi connectivity index (χ0) is 9.14. The molecular formula is C9H16N2O. The highest BCUT2D eigenvalue weighted by molar-refractivity contribution is 5.81. The van der Waals surface area contributed by atoms with Gasteiger partial charge in [0.15, 0.2) is 0 Å². The molecule has 0 aromatic rings. The van der Waals surface area contributed by atoms with Crippen LogP contribution in [-0.2, 0) is 4.79 Å². The summed E-state index contributed by atoms with van der Waals surface area (Å²) in [6, 6.07) is 0.0482. The van der Waals surface area contributed by atoms with E-state index in [1.54, 1.807) is 13.0 Å². The highest BCUT2D eigenvalue weighted by atomic mass is 16.2. The van der Waals surface area contributed by atoms with Crippen molar-refractivity contribution in [2.24, 2.45) is 5.73 Å². The van der Waals surface area contributed by atoms with E-state index in [1.165, 1.54) is 0 Å². The Morgan fingerprint density at radius 3 is 2.75 bits per heavy atom. The third kappa shape index (κ3) is 2.08. The number of hydrogen-bond acceptors (Lipinski definition) is 2. The first-order valence-corrected chi connectivity index (χ1v) is 4.33. The lowest BCUT2D eigenvalue weighted by Crippen LogP contribution is -2.43. The summed E-state index contributed by atoms with van der Waals surface area (Å²) in [4.78, 5) is 13.3. The maximum atomic E-state index is 11.5. The lowest BCUT2D eigenvalue weighted by molar-refractivity contribution is -0.132. The maximum Gasteiger partial charge on any atom is 0.239 e. The van der Waals surface area contributed by atoms with E-state index in [9.17, 15) is 4.79 Å². The van der Waals surface area contributed by atoms with Crippen molar-refractivity contribution in [2.75, 3.05) is 6.54 Å². The van der Waals surface area contributed by atoms with Gasteiger partial charge in [0, 0.05) is 12.6 Å². The van der Waals surface area contributed by atoms with Gasteiger partial charge in [-0.15, -0.1) is 6.58 Å². The van der Waals surface area contributed by atoms with Crippen LogP contribution in [0.25, 0.3) is 0 Å². The van der Waals surface area contributed by atoms with E-state index < -0.39 is 0 Å². The Morgan fingerprint density at radius 2 is 2.42 bits per heavy atom. The molecule has 1 aliphatic rings. The number of amides is 1. The predicted octanol–water partition coefficient (Wildman–Crippen LogP) is 0.511. The molecule has 0 saturated heterocycles. The van der Waals surface area contributed by atoms with Crippen LogP contribution in [0, 0.1) is 0 Å². The molecule has 2 N–H and O–H groups in total. The van der Waals surface area contributed by atoms with Crippen molar-refractivity contribution in [1.82, 2.24) is 4.90 Å². The number of hydrogen-bond donors (Lipinski definition) is 1. The first-order chi connectivity index (χ1) is 5.66. The summed E-state index contributed by atoms with van der Waals surface area (Å²) in [6.07, 6.45) is 3.98. The van der Waals surface area contributed by atoms with Crippen molar-refractivity contribution in [3.8, 4) is 0 Å². The molecule has 0 aromatic heterocycles. The Bertz CT molecular complexity index is 185. The largest absolute Gasteiger partial charge is 0.335 e. The summed E-state index contributed by atoms with van der Waals surface area (Å²) >= 11 is 0. The minimum Gasteiger partial charge on any atom is -0.335 e. The number of carbonyl (C=O) groups excluding carboxylic acids is 1. The molecule has 68 valence electrons. The Morgan fingerprint density at radius 1 is 1.83 bits per heavy atom. The van der Waals surface area contributed by atoms with Gasteiger partial charge in [-0.1, -0.05) is 6.08 Å². The van der Waals surface area contributed by atoms with Crippen LogP contribution in [0.4, 0.5) is 0 Å². The molecule has 12 heavy (non-hydrogen) atoms. The topological polar surface area (TPSA) is 46.3 Å². The van der Waals surface area contributed by atoms with Gasteiger partial charge in [0.2, 0.25) is 5.91 Å². The number of carbonyl (C=O) groups is 1. The SMILES string of the molecule is C=CCN(C(=O)[C@H](C)N)C1CC1. The summed E-state index contributed by atoms with van der Waals surface area (Å²) < 4.78 is 0. The molecule has 1 saturated carbocycles. The summed E-state index contributed by atoms with van der Waals surface area (Å²) in [6.45, 7) is 5.97. The molecular weight excluding hydrogens is 152 g/mol. The van der Waals surface area contributed by atoms with Gasteiger partial charge < -0.3 is 10.6 Å². The molecule has 3 nitrogen and oxygen atoms in total. The Kier molecular flexibility index (Phi) is 2.87. The molecule has 0 bridgehead atoms. The van der Waals surface area contributed by atoms with Crippen molar-refractivity contribution in [3.63, 3.8) is 0 Å². The molecule has 1 rings (SSSR count). The van der Waals surface area contributed by atoms with Crippen molar-refractivity contribution in [3.05, 3.63) is 12.7 Å². The minimum atomic E-state index is -0.384. The zero-order valence-corrected chi connectivity index (χ0v) is 7.49. The molecule has 0 spiro atoms. The maximum absolute atomic E-state index is 11.5. The fraction of sp³-hybridized carbons (Fsp3) is 0.667. The molecule has 0 radical (unpaired) electrons. The van der Waals surface area contributed by atoms with Gasteiger partial charge in [-0.25, -0.2) is 0 Å². The molecule has 0 heterocycles. The van der Waals surface area contributed by atoms with E-state index in [1.807, 2.05) is 4.90 Å². The van der Waals surface area contributed by atoms with Crippen LogP contribution < -0.4 is 5.73 Å². The highest BCUT2D eigenvalue weighted by Crippen LogP contribution is 2.26. The quantitative estimate of drug-likeness (QED) is 0.622. The van der Waals surface area contributed by atoms with Gasteiger partial charge in [0.1, 0.15) is 0 Å². The molecule has 3 heteroatoms. The average molecular weight is 168 g/mol. The van der Waals surface area contributed by atoms with Crippen LogP contribution in [-0.4, -0.2) is 29.4 Å². The van der Waals surface area contributed by atoms with Crippen LogP contribution in [0.3, 0.4) is 0 Å². The van der Waals surface area contributed by atoms with Crippen LogP contribution >= 0.6 is 0 Å². The van der Waals surface area contributed by atoms with Crippen molar-refractivity contribution < 1.29 is 4.79 Å². The van der Waals surface area contributed by atoms with Crippen molar-refractivity contribution in [2.45, 2.75) is 31.8 Å². The van der Waals surface area contributed by atoms with E-state index in [2.05, 4.69) is 6.58 Å². The monoisotopic (exact) mass is 168 g/mol. The number of nitrogens with zero attached hydrogens (tertiary/aromatic N) is 1. The Balaban J connectivity index is 2.51. The third-order valence-electron chi connectivity index (χ3n) is 1.99. The summed E-state index contributed by atoms with van der Waals surface area (Å²) in [5, 5.41) is 0. The first-order valence-electron chi connectivity index (χ1n) is 4.33. The molecule has 0 aromatic carbocycles. The number of rotatable bonds is 4. The molecule has 0 unspecified atom stereocenters. The van der Waals surface area contributed by atoms with Crippen LogP contribution in [0.2, 0.25) is 0 Å². The van der Waals surface area contributed by atoms with Gasteiger partial charge >= 0.3 is 0 Å². The number of nitrogens with two attached hydrogens (primary N) is 1. The first kappa shape index (κ1) is 9.26. The standard InChI is InChI=1S/C9H16N2O/c1-3-6-11(8-4-5-8)9(12)7(2)10/h3,7-8H,1,4-6,10H2,2H3/t7-/m0/s1. The zero-order valence-electron chi connectivity index (χ0n) is 7.49.